The molecule has 5 N–H and O–H groups in total. The van der Waals surface area contributed by atoms with E-state index < -0.39 is 65.0 Å². The van der Waals surface area contributed by atoms with E-state index in [0.29, 0.717) is 78.3 Å². The summed E-state index contributed by atoms with van der Waals surface area (Å²) >= 11 is 4.38. The summed E-state index contributed by atoms with van der Waals surface area (Å²) in [6, 6.07) is 10.5. The van der Waals surface area contributed by atoms with Gasteiger partial charge in [0.25, 0.3) is 0 Å². The third-order valence-electron chi connectivity index (χ3n) is 21.7. The molecule has 6 saturated carbocycles. The molecule has 2 saturated heterocycles. The summed E-state index contributed by atoms with van der Waals surface area (Å²) in [4.78, 5) is 41.4. The Morgan fingerprint density at radius 3 is 1.48 bits per heavy atom. The molecule has 2 aliphatic heterocycles. The van der Waals surface area contributed by atoms with Crippen LogP contribution >= 0.6 is 45.2 Å². The van der Waals surface area contributed by atoms with Crippen LogP contribution in [-0.2, 0) is 41.2 Å². The normalized spacial score (nSPS) is 32.2. The molecule has 0 spiro atoms. The highest BCUT2D eigenvalue weighted by Gasteiger charge is 2.60. The number of benzene rings is 2. The van der Waals surface area contributed by atoms with Gasteiger partial charge in [0, 0.05) is 35.0 Å². The second kappa shape index (κ2) is 26.6. The van der Waals surface area contributed by atoms with Crippen molar-refractivity contribution in [2.45, 2.75) is 228 Å². The second-order valence-electron chi connectivity index (χ2n) is 29.3. The van der Waals surface area contributed by atoms with Gasteiger partial charge in [0.05, 0.1) is 45.7 Å². The zero-order chi connectivity index (χ0) is 60.3. The fourth-order valence-electron chi connectivity index (χ4n) is 14.0. The van der Waals surface area contributed by atoms with Gasteiger partial charge in [0.15, 0.2) is 16.6 Å². The SMILES string of the molecule is C.C=CCOc1c(I)cccc1CN1O[C@@H](CO[Si](C)(C)C(C)(C)C)[C@@H]([C@H](C)O)[C@H]1C(=O)N[C@H]1C[C@H]2C[C@@H]([C@@H]1C)C2(C)C.C[C@@H]1[C@@H](NC(=O)[C@@H]2[C@H]([C@H](C)O)[C@H](CO[Si](C)(C)C(C)(C)C)ON2Cc2cccc(I)c2O)C[C@H]2C[C@@H]1C2(C)C. The topological polar surface area (TPSA) is 172 Å². The Kier molecular flexibility index (Phi) is 22.5. The number of carbonyl (C=O) groups is 2. The smallest absolute Gasteiger partial charge is 0.240 e. The third kappa shape index (κ3) is 14.4. The lowest BCUT2D eigenvalue weighted by atomic mass is 9.45. The van der Waals surface area contributed by atoms with Gasteiger partial charge in [0.2, 0.25) is 11.8 Å². The van der Waals surface area contributed by atoms with Crippen molar-refractivity contribution in [2.24, 2.45) is 58.2 Å². The van der Waals surface area contributed by atoms with Crippen molar-refractivity contribution in [3.8, 4) is 11.5 Å². The van der Waals surface area contributed by atoms with E-state index in [2.05, 4.69) is 172 Å². The third-order valence-corrected chi connectivity index (χ3v) is 32.4. The highest BCUT2D eigenvalue weighted by Crippen LogP contribution is 2.62. The minimum Gasteiger partial charge on any atom is -0.507 e. The molecule has 16 atom stereocenters. The monoisotopic (exact) mass is 1400 g/mol. The zero-order valence-electron chi connectivity index (χ0n) is 52.2. The average Bonchev–Trinajstić information content (AvgIpc) is 2.65. The Balaban J connectivity index is 0.000000261. The lowest BCUT2D eigenvalue weighted by Crippen LogP contribution is -2.62. The minimum absolute atomic E-state index is 0. The van der Waals surface area contributed by atoms with Crippen LogP contribution in [0, 0.1) is 65.3 Å². The summed E-state index contributed by atoms with van der Waals surface area (Å²) in [7, 11) is -4.17. The summed E-state index contributed by atoms with van der Waals surface area (Å²) in [5.41, 5.74) is 2.28. The Hall–Kier alpha value is -1.71. The number of hydroxylamine groups is 4. The van der Waals surface area contributed by atoms with Crippen LogP contribution in [0.3, 0.4) is 0 Å². The van der Waals surface area contributed by atoms with E-state index in [4.69, 9.17) is 23.3 Å². The summed E-state index contributed by atoms with van der Waals surface area (Å²) in [5.74, 6) is 3.14. The number of fused-ring (bicyclic) bond motifs is 4. The molecule has 2 heterocycles. The molecule has 82 heavy (non-hydrogen) atoms. The van der Waals surface area contributed by atoms with Crippen molar-refractivity contribution < 1.29 is 48.2 Å². The van der Waals surface area contributed by atoms with Gasteiger partial charge in [-0.15, -0.1) is 0 Å². The van der Waals surface area contributed by atoms with Crippen LogP contribution in [0.5, 0.6) is 11.5 Å². The number of hydrogen-bond donors (Lipinski definition) is 5. The van der Waals surface area contributed by atoms with Gasteiger partial charge in [-0.2, -0.15) is 10.1 Å². The van der Waals surface area contributed by atoms with Gasteiger partial charge in [-0.3, -0.25) is 19.3 Å². The molecule has 0 unspecified atom stereocenters. The molecule has 8 aliphatic rings. The number of phenolic OH excluding ortho intramolecular Hbond substituents is 1. The van der Waals surface area contributed by atoms with E-state index in [1.54, 1.807) is 30.0 Å². The van der Waals surface area contributed by atoms with E-state index in [-0.39, 0.29) is 53.7 Å². The number of aromatic hydroxyl groups is 1. The molecule has 6 aliphatic carbocycles. The molecule has 4 bridgehead atoms. The molecular formula is C64H106I2N4O10Si2. The molecule has 18 heteroatoms. The number of aliphatic hydroxyl groups excluding tert-OH is 2. The number of carbonyl (C=O) groups excluding carboxylic acids is 2. The number of amides is 2. The van der Waals surface area contributed by atoms with Crippen LogP contribution in [0.15, 0.2) is 49.1 Å². The highest BCUT2D eigenvalue weighted by molar-refractivity contribution is 14.1. The van der Waals surface area contributed by atoms with Gasteiger partial charge in [0.1, 0.15) is 42.4 Å². The molecule has 0 aromatic heterocycles. The maximum Gasteiger partial charge on any atom is 0.240 e. The van der Waals surface area contributed by atoms with Gasteiger partial charge in [-0.1, -0.05) is 127 Å². The molecule has 2 amide bonds. The fraction of sp³-hybridized carbons (Fsp3) is 0.750. The number of nitrogens with one attached hydrogen (secondary N) is 2. The van der Waals surface area contributed by atoms with Crippen LogP contribution in [-0.4, -0.2) is 122 Å². The van der Waals surface area contributed by atoms with E-state index in [0.717, 1.165) is 31.3 Å². The Labute approximate surface area is 523 Å². The van der Waals surface area contributed by atoms with Crippen LogP contribution < -0.4 is 15.4 Å². The van der Waals surface area contributed by atoms with Crippen molar-refractivity contribution in [3.05, 3.63) is 67.3 Å². The number of para-hydroxylation sites is 2. The van der Waals surface area contributed by atoms with Crippen molar-refractivity contribution in [1.29, 1.82) is 0 Å². The van der Waals surface area contributed by atoms with Crippen LogP contribution in [0.4, 0.5) is 0 Å². The maximum atomic E-state index is 14.3. The standard InChI is InChI=1S/C33H53IN2O5Si.C30H49IN2O5Si.CH4/c1-11-15-39-30-22(13-12-14-25(30)34)18-36-29(31(38)35-26-17-23-16-24(20(26)2)33(23,7)8)28(21(3)37)27(41-36)19-40-42(9,10)32(4,5)6;1-17-21-13-20(30(21,6)7)14-23(17)32-28(36)26-25(18(2)34)24(16-37-39(8,9)29(3,4)5)38-33(26)15-19-11-10-12-22(31)27(19)35;/h11-14,20-21,23-24,26-29,37H,1,15-19H2,2-10H3,(H,35,38);10-12,17-18,20-21,23-26,34-35H,13-16H2,1-9H3,(H,32,36);1H4/t20-,21-,23+,24-,26-,27-,28+,29-;17-,18-,20+,21-,23-,24-,25+,26-;/m00./s1. The predicted molar refractivity (Wildman–Crippen MR) is 350 cm³/mol. The molecule has 14 nitrogen and oxygen atoms in total. The van der Waals surface area contributed by atoms with Crippen LogP contribution in [0.2, 0.25) is 36.3 Å². The number of phenols is 1. The molecule has 2 aromatic carbocycles. The van der Waals surface area contributed by atoms with Crippen molar-refractivity contribution >= 4 is 73.6 Å². The van der Waals surface area contributed by atoms with Crippen LogP contribution in [0.1, 0.15) is 141 Å². The van der Waals surface area contributed by atoms with Gasteiger partial charge >= 0.3 is 0 Å². The summed E-state index contributed by atoms with van der Waals surface area (Å²) in [5, 5.41) is 43.2. The second-order valence-corrected chi connectivity index (χ2v) is 41.3. The highest BCUT2D eigenvalue weighted by atomic mass is 127. The first-order valence-corrected chi connectivity index (χ1v) is 38.0. The Morgan fingerprint density at radius 1 is 0.720 bits per heavy atom. The van der Waals surface area contributed by atoms with Gasteiger partial charge in [-0.25, -0.2) is 0 Å². The van der Waals surface area contributed by atoms with Crippen LogP contribution in [0.25, 0.3) is 0 Å². The number of aliphatic hydroxyl groups is 2. The summed E-state index contributed by atoms with van der Waals surface area (Å²) in [6.07, 6.45) is 3.74. The van der Waals surface area contributed by atoms with Crippen molar-refractivity contribution in [1.82, 2.24) is 20.8 Å². The molecular weight excluding hydrogens is 1290 g/mol. The summed E-state index contributed by atoms with van der Waals surface area (Å²) in [6.45, 7) is 45.0. The fourth-order valence-corrected chi connectivity index (χ4v) is 17.3. The molecule has 2 aromatic rings. The Morgan fingerprint density at radius 2 is 1.11 bits per heavy atom. The molecule has 10 rings (SSSR count). The van der Waals surface area contributed by atoms with Crippen molar-refractivity contribution in [3.63, 3.8) is 0 Å². The number of hydrogen-bond acceptors (Lipinski definition) is 12. The van der Waals surface area contributed by atoms with E-state index in [1.165, 1.54) is 12.8 Å². The maximum absolute atomic E-state index is 14.3. The zero-order valence-corrected chi connectivity index (χ0v) is 58.5. The predicted octanol–water partition coefficient (Wildman–Crippen LogP) is 12.9. The van der Waals surface area contributed by atoms with Gasteiger partial charge < -0.3 is 39.5 Å². The largest absolute Gasteiger partial charge is 0.507 e. The number of ether oxygens (including phenoxy) is 1. The number of nitrogens with zero attached hydrogens (tertiary/aromatic N) is 2. The molecule has 0 radical (unpaired) electrons. The quantitative estimate of drug-likeness (QED) is 0.0513. The van der Waals surface area contributed by atoms with E-state index in [9.17, 15) is 24.9 Å². The molecule has 8 fully saturated rings. The first-order valence-electron chi connectivity index (χ1n) is 30.0. The average molecular weight is 1400 g/mol. The number of halogens is 2. The first-order chi connectivity index (χ1) is 37.4. The van der Waals surface area contributed by atoms with Crippen molar-refractivity contribution in [2.75, 3.05) is 19.8 Å². The van der Waals surface area contributed by atoms with E-state index in [1.807, 2.05) is 36.4 Å². The lowest BCUT2D eigenvalue weighted by Gasteiger charge is -2.62. The lowest BCUT2D eigenvalue weighted by molar-refractivity contribution is -0.183. The van der Waals surface area contributed by atoms with Gasteiger partial charge in [-0.05, 0) is 179 Å². The first kappa shape index (κ1) is 69.4. The molecule has 464 valence electrons. The minimum atomic E-state index is -2.09. The summed E-state index contributed by atoms with van der Waals surface area (Å²) < 4.78 is 20.9. The Bertz CT molecular complexity index is 2540. The van der Waals surface area contributed by atoms with E-state index >= 15 is 0 Å². The number of rotatable bonds is 19.